The van der Waals surface area contributed by atoms with Crippen molar-refractivity contribution in [3.8, 4) is 46.7 Å². The summed E-state index contributed by atoms with van der Waals surface area (Å²) in [6.45, 7) is 0. The van der Waals surface area contributed by atoms with Crippen LogP contribution in [0.25, 0.3) is 0 Å². The van der Waals surface area contributed by atoms with Crippen molar-refractivity contribution < 1.29 is 18.9 Å². The van der Waals surface area contributed by atoms with Crippen LogP contribution in [0.2, 0.25) is 0 Å². The Morgan fingerprint density at radius 3 is 1.43 bits per heavy atom. The maximum Gasteiger partial charge on any atom is 0.134 e. The van der Waals surface area contributed by atoms with E-state index in [1.807, 2.05) is 54.6 Å². The second kappa shape index (κ2) is 9.91. The Hall–Kier alpha value is -4.09. The van der Waals surface area contributed by atoms with Crippen molar-refractivity contribution >= 4 is 0 Å². The number of pyridine rings is 1. The van der Waals surface area contributed by atoms with Gasteiger partial charge in [-0.25, -0.2) is 4.98 Å². The summed E-state index contributed by atoms with van der Waals surface area (Å²) in [5.74, 6) is 15.0. The minimum absolute atomic E-state index is 0.601. The number of aromatic nitrogens is 1. The molecule has 5 nitrogen and oxygen atoms in total. The number of hydrogen-bond donors (Lipinski definition) is 0. The quantitative estimate of drug-likeness (QED) is 0.623. The molecule has 0 N–H and O–H groups in total. The summed E-state index contributed by atoms with van der Waals surface area (Å²) in [5, 5.41) is 0. The molecule has 0 aliphatic heterocycles. The van der Waals surface area contributed by atoms with E-state index in [9.17, 15) is 0 Å². The highest BCUT2D eigenvalue weighted by Crippen LogP contribution is 2.24. The maximum atomic E-state index is 5.36. The monoisotopic (exact) mass is 399 g/mol. The zero-order chi connectivity index (χ0) is 21.3. The van der Waals surface area contributed by atoms with Gasteiger partial charge in [0.2, 0.25) is 0 Å². The number of nitrogens with zero attached hydrogens (tertiary/aromatic N) is 1. The standard InChI is InChI=1S/C25H21NO4/c1-27-22-12-14-24(29-3)18(16-22)8-10-20-6-5-7-21(26-20)11-9-19-17-23(28-2)13-15-25(19)30-4/h5-7,12-17H,1-4H3. The molecule has 0 unspecified atom stereocenters. The molecule has 0 saturated heterocycles. The lowest BCUT2D eigenvalue weighted by atomic mass is 10.1. The van der Waals surface area contributed by atoms with E-state index in [2.05, 4.69) is 28.7 Å². The first-order valence-electron chi connectivity index (χ1n) is 9.12. The SMILES string of the molecule is COc1ccc(OC)c(C#Cc2cccc(C#Cc3cc(OC)ccc3OC)n2)c1. The average Bonchev–Trinajstić information content (AvgIpc) is 2.81. The van der Waals surface area contributed by atoms with Crippen LogP contribution in [0.3, 0.4) is 0 Å². The summed E-state index contributed by atoms with van der Waals surface area (Å²) >= 11 is 0. The molecule has 1 aromatic heterocycles. The Labute approximate surface area is 176 Å². The van der Waals surface area contributed by atoms with Crippen LogP contribution in [-0.4, -0.2) is 33.4 Å². The molecular formula is C25H21NO4. The Bertz CT molecular complexity index is 1070. The van der Waals surface area contributed by atoms with Gasteiger partial charge < -0.3 is 18.9 Å². The molecule has 5 heteroatoms. The smallest absolute Gasteiger partial charge is 0.134 e. The average molecular weight is 399 g/mol. The van der Waals surface area contributed by atoms with E-state index in [1.165, 1.54) is 0 Å². The first-order valence-corrected chi connectivity index (χ1v) is 9.12. The van der Waals surface area contributed by atoms with Gasteiger partial charge in [-0.15, -0.1) is 0 Å². The van der Waals surface area contributed by atoms with Gasteiger partial charge in [-0.3, -0.25) is 0 Å². The molecule has 0 bridgehead atoms. The molecule has 3 rings (SSSR count). The summed E-state index contributed by atoms with van der Waals surface area (Å²) in [6.07, 6.45) is 0. The maximum absolute atomic E-state index is 5.36. The van der Waals surface area contributed by atoms with Gasteiger partial charge in [-0.2, -0.15) is 0 Å². The summed E-state index contributed by atoms with van der Waals surface area (Å²) < 4.78 is 21.2. The van der Waals surface area contributed by atoms with Gasteiger partial charge in [-0.05, 0) is 60.4 Å². The molecule has 0 amide bonds. The second-order valence-electron chi connectivity index (χ2n) is 6.04. The van der Waals surface area contributed by atoms with Crippen molar-refractivity contribution in [2.75, 3.05) is 28.4 Å². The van der Waals surface area contributed by atoms with E-state index in [1.54, 1.807) is 28.4 Å². The van der Waals surface area contributed by atoms with Gasteiger partial charge >= 0.3 is 0 Å². The summed E-state index contributed by atoms with van der Waals surface area (Å²) in [5.41, 5.74) is 2.64. The van der Waals surface area contributed by atoms with Crippen LogP contribution in [0.5, 0.6) is 23.0 Å². The molecule has 0 saturated carbocycles. The lowest BCUT2D eigenvalue weighted by molar-refractivity contribution is 0.402. The van der Waals surface area contributed by atoms with Gasteiger partial charge in [0.15, 0.2) is 0 Å². The molecule has 0 aliphatic carbocycles. The molecule has 0 fully saturated rings. The molecule has 0 spiro atoms. The fourth-order valence-corrected chi connectivity index (χ4v) is 2.66. The van der Waals surface area contributed by atoms with Gasteiger partial charge in [-0.1, -0.05) is 17.9 Å². The van der Waals surface area contributed by atoms with Crippen LogP contribution in [0.1, 0.15) is 22.5 Å². The molecule has 0 radical (unpaired) electrons. The third-order valence-corrected chi connectivity index (χ3v) is 4.21. The number of rotatable bonds is 4. The van der Waals surface area contributed by atoms with E-state index < -0.39 is 0 Å². The largest absolute Gasteiger partial charge is 0.497 e. The summed E-state index contributed by atoms with van der Waals surface area (Å²) in [7, 11) is 6.43. The lowest BCUT2D eigenvalue weighted by Crippen LogP contribution is -1.91. The Balaban J connectivity index is 1.90. The van der Waals surface area contributed by atoms with Gasteiger partial charge in [0.05, 0.1) is 39.6 Å². The van der Waals surface area contributed by atoms with Crippen molar-refractivity contribution in [3.05, 3.63) is 77.1 Å². The van der Waals surface area contributed by atoms with Crippen molar-refractivity contribution in [2.45, 2.75) is 0 Å². The minimum Gasteiger partial charge on any atom is -0.497 e. The number of ether oxygens (including phenoxy) is 4. The molecule has 3 aromatic rings. The third kappa shape index (κ3) is 5.04. The zero-order valence-electron chi connectivity index (χ0n) is 17.3. The van der Waals surface area contributed by atoms with Crippen LogP contribution >= 0.6 is 0 Å². The van der Waals surface area contributed by atoms with Crippen LogP contribution in [0.15, 0.2) is 54.6 Å². The molecular weight excluding hydrogens is 378 g/mol. The van der Waals surface area contributed by atoms with Crippen molar-refractivity contribution in [3.63, 3.8) is 0 Å². The molecule has 1 heterocycles. The summed E-state index contributed by atoms with van der Waals surface area (Å²) in [6, 6.07) is 16.5. The van der Waals surface area contributed by atoms with E-state index in [0.29, 0.717) is 34.4 Å². The van der Waals surface area contributed by atoms with E-state index >= 15 is 0 Å². The van der Waals surface area contributed by atoms with E-state index in [0.717, 1.165) is 11.1 Å². The molecule has 2 aromatic carbocycles. The van der Waals surface area contributed by atoms with Gasteiger partial charge in [0.25, 0.3) is 0 Å². The fourth-order valence-electron chi connectivity index (χ4n) is 2.66. The molecule has 0 aliphatic rings. The topological polar surface area (TPSA) is 49.8 Å². The van der Waals surface area contributed by atoms with E-state index in [-0.39, 0.29) is 0 Å². The highest BCUT2D eigenvalue weighted by Gasteiger charge is 2.03. The number of hydrogen-bond acceptors (Lipinski definition) is 5. The lowest BCUT2D eigenvalue weighted by Gasteiger charge is -2.05. The number of methoxy groups -OCH3 is 4. The fraction of sp³-hybridized carbons (Fsp3) is 0.160. The first-order chi connectivity index (χ1) is 14.7. The van der Waals surface area contributed by atoms with Crippen LogP contribution in [0, 0.1) is 23.7 Å². The molecule has 0 atom stereocenters. The Kier molecular flexibility index (Phi) is 6.82. The second-order valence-corrected chi connectivity index (χ2v) is 6.04. The number of benzene rings is 2. The predicted molar refractivity (Wildman–Crippen MR) is 115 cm³/mol. The van der Waals surface area contributed by atoms with Crippen molar-refractivity contribution in [1.82, 2.24) is 4.98 Å². The van der Waals surface area contributed by atoms with Crippen molar-refractivity contribution in [1.29, 1.82) is 0 Å². The summed E-state index contributed by atoms with van der Waals surface area (Å²) in [4.78, 5) is 4.51. The molecule has 150 valence electrons. The van der Waals surface area contributed by atoms with Crippen LogP contribution in [0.4, 0.5) is 0 Å². The van der Waals surface area contributed by atoms with Gasteiger partial charge in [0, 0.05) is 0 Å². The Morgan fingerprint density at radius 1 is 0.567 bits per heavy atom. The third-order valence-electron chi connectivity index (χ3n) is 4.21. The minimum atomic E-state index is 0.601. The molecule has 30 heavy (non-hydrogen) atoms. The highest BCUT2D eigenvalue weighted by molar-refractivity contribution is 5.54. The van der Waals surface area contributed by atoms with Crippen LogP contribution in [-0.2, 0) is 0 Å². The normalized spacial score (nSPS) is 9.47. The zero-order valence-corrected chi connectivity index (χ0v) is 17.3. The van der Waals surface area contributed by atoms with Gasteiger partial charge in [0.1, 0.15) is 34.4 Å². The first kappa shape index (κ1) is 20.6. The van der Waals surface area contributed by atoms with Crippen molar-refractivity contribution in [2.24, 2.45) is 0 Å². The van der Waals surface area contributed by atoms with E-state index in [4.69, 9.17) is 18.9 Å². The van der Waals surface area contributed by atoms with Crippen LogP contribution < -0.4 is 18.9 Å². The Morgan fingerprint density at radius 2 is 1.03 bits per heavy atom. The highest BCUT2D eigenvalue weighted by atomic mass is 16.5. The predicted octanol–water partition coefficient (Wildman–Crippen LogP) is 3.92.